The highest BCUT2D eigenvalue weighted by molar-refractivity contribution is 6.05. The standard InChI is InChI=1S/C13H17N3O/c1-13(2,3)10-6-5-9-11(16-10)8(7-15-9)12(17)14-4/h5-7,15H,1-4H3,(H,14,17). The molecule has 0 radical (unpaired) electrons. The molecule has 2 N–H and O–H groups in total. The summed E-state index contributed by atoms with van der Waals surface area (Å²) in [5, 5.41) is 2.62. The van der Waals surface area contributed by atoms with E-state index < -0.39 is 0 Å². The number of pyridine rings is 1. The van der Waals surface area contributed by atoms with Crippen molar-refractivity contribution in [3.8, 4) is 0 Å². The maximum absolute atomic E-state index is 11.7. The fourth-order valence-corrected chi connectivity index (χ4v) is 1.72. The fourth-order valence-electron chi connectivity index (χ4n) is 1.72. The number of H-pyrrole nitrogens is 1. The molecule has 2 heterocycles. The molecule has 4 nitrogen and oxygen atoms in total. The Bertz CT molecular complexity index is 564. The monoisotopic (exact) mass is 231 g/mol. The third kappa shape index (κ3) is 2.02. The first kappa shape index (κ1) is 11.6. The Morgan fingerprint density at radius 1 is 1.35 bits per heavy atom. The van der Waals surface area contributed by atoms with Gasteiger partial charge in [-0.05, 0) is 12.1 Å². The van der Waals surface area contributed by atoms with Gasteiger partial charge in [-0.2, -0.15) is 0 Å². The second-order valence-corrected chi connectivity index (χ2v) is 5.12. The molecule has 1 amide bonds. The van der Waals surface area contributed by atoms with Gasteiger partial charge in [0, 0.05) is 24.4 Å². The van der Waals surface area contributed by atoms with Crippen molar-refractivity contribution < 1.29 is 4.79 Å². The predicted octanol–water partition coefficient (Wildman–Crippen LogP) is 2.22. The van der Waals surface area contributed by atoms with Gasteiger partial charge in [0.05, 0.1) is 11.1 Å². The zero-order valence-electron chi connectivity index (χ0n) is 10.6. The largest absolute Gasteiger partial charge is 0.359 e. The van der Waals surface area contributed by atoms with Crippen LogP contribution in [0.15, 0.2) is 18.3 Å². The van der Waals surface area contributed by atoms with Crippen molar-refractivity contribution in [1.29, 1.82) is 0 Å². The lowest BCUT2D eigenvalue weighted by Crippen LogP contribution is -2.18. The van der Waals surface area contributed by atoms with Crippen LogP contribution in [0.2, 0.25) is 0 Å². The van der Waals surface area contributed by atoms with Crippen LogP contribution >= 0.6 is 0 Å². The summed E-state index contributed by atoms with van der Waals surface area (Å²) in [5.74, 6) is -0.116. The van der Waals surface area contributed by atoms with Crippen LogP contribution < -0.4 is 5.32 Å². The van der Waals surface area contributed by atoms with Gasteiger partial charge in [-0.25, -0.2) is 4.98 Å². The van der Waals surface area contributed by atoms with Crippen molar-refractivity contribution in [2.45, 2.75) is 26.2 Å². The molecule has 0 saturated heterocycles. The predicted molar refractivity (Wildman–Crippen MR) is 68.2 cm³/mol. The van der Waals surface area contributed by atoms with Gasteiger partial charge >= 0.3 is 0 Å². The lowest BCUT2D eigenvalue weighted by molar-refractivity contribution is 0.0964. The van der Waals surface area contributed by atoms with Gasteiger partial charge in [-0.1, -0.05) is 20.8 Å². The van der Waals surface area contributed by atoms with Crippen LogP contribution in [0.3, 0.4) is 0 Å². The minimum absolute atomic E-state index is 0.0224. The van der Waals surface area contributed by atoms with Gasteiger partial charge in [0.15, 0.2) is 0 Å². The molecule has 0 bridgehead atoms. The normalized spacial score (nSPS) is 11.8. The first-order valence-corrected chi connectivity index (χ1v) is 5.64. The molecule has 0 saturated carbocycles. The average Bonchev–Trinajstić information content (AvgIpc) is 2.69. The zero-order valence-corrected chi connectivity index (χ0v) is 10.6. The summed E-state index contributed by atoms with van der Waals surface area (Å²) in [4.78, 5) is 19.3. The molecule has 0 aliphatic heterocycles. The number of hydrogen-bond donors (Lipinski definition) is 2. The highest BCUT2D eigenvalue weighted by Crippen LogP contribution is 2.24. The summed E-state index contributed by atoms with van der Waals surface area (Å²) < 4.78 is 0. The molecule has 0 unspecified atom stereocenters. The summed E-state index contributed by atoms with van der Waals surface area (Å²) >= 11 is 0. The van der Waals surface area contributed by atoms with Gasteiger partial charge in [0.2, 0.25) is 0 Å². The van der Waals surface area contributed by atoms with Crippen molar-refractivity contribution in [3.63, 3.8) is 0 Å². The summed E-state index contributed by atoms with van der Waals surface area (Å²) in [5.41, 5.74) is 3.17. The highest BCUT2D eigenvalue weighted by atomic mass is 16.1. The summed E-state index contributed by atoms with van der Waals surface area (Å²) in [6.45, 7) is 6.31. The Morgan fingerprint density at radius 3 is 2.65 bits per heavy atom. The van der Waals surface area contributed by atoms with E-state index in [2.05, 4.69) is 36.1 Å². The zero-order chi connectivity index (χ0) is 12.6. The van der Waals surface area contributed by atoms with E-state index in [4.69, 9.17) is 0 Å². The number of rotatable bonds is 1. The topological polar surface area (TPSA) is 57.8 Å². The van der Waals surface area contributed by atoms with E-state index >= 15 is 0 Å². The molecule has 4 heteroatoms. The quantitative estimate of drug-likeness (QED) is 0.790. The number of carbonyl (C=O) groups is 1. The SMILES string of the molecule is CNC(=O)c1c[nH]c2ccc(C(C)(C)C)nc12. The van der Waals surface area contributed by atoms with Crippen LogP contribution in [0.1, 0.15) is 36.8 Å². The van der Waals surface area contributed by atoms with Crippen LogP contribution in [-0.2, 0) is 5.41 Å². The first-order valence-electron chi connectivity index (χ1n) is 5.64. The molecule has 0 fully saturated rings. The van der Waals surface area contributed by atoms with Gasteiger partial charge in [-0.15, -0.1) is 0 Å². The number of hydrogen-bond acceptors (Lipinski definition) is 2. The molecule has 0 atom stereocenters. The fraction of sp³-hybridized carbons (Fsp3) is 0.385. The van der Waals surface area contributed by atoms with Crippen molar-refractivity contribution in [1.82, 2.24) is 15.3 Å². The minimum Gasteiger partial charge on any atom is -0.359 e. The second kappa shape index (κ2) is 3.87. The second-order valence-electron chi connectivity index (χ2n) is 5.12. The van der Waals surface area contributed by atoms with Crippen molar-refractivity contribution in [2.24, 2.45) is 0 Å². The van der Waals surface area contributed by atoms with Crippen LogP contribution in [0.25, 0.3) is 11.0 Å². The Kier molecular flexibility index (Phi) is 2.65. The third-order valence-electron chi connectivity index (χ3n) is 2.76. The van der Waals surface area contributed by atoms with E-state index in [1.807, 2.05) is 12.1 Å². The summed E-state index contributed by atoms with van der Waals surface area (Å²) in [6, 6.07) is 3.96. The third-order valence-corrected chi connectivity index (χ3v) is 2.76. The maximum atomic E-state index is 11.7. The lowest BCUT2D eigenvalue weighted by atomic mass is 9.91. The number of nitrogens with zero attached hydrogens (tertiary/aromatic N) is 1. The van der Waals surface area contributed by atoms with Crippen molar-refractivity contribution in [3.05, 3.63) is 29.6 Å². The summed E-state index contributed by atoms with van der Waals surface area (Å²) in [7, 11) is 1.62. The van der Waals surface area contributed by atoms with E-state index in [0.717, 1.165) is 16.7 Å². The van der Waals surface area contributed by atoms with Gasteiger partial charge in [0.1, 0.15) is 5.52 Å². The molecule has 2 rings (SSSR count). The van der Waals surface area contributed by atoms with Gasteiger partial charge in [0.25, 0.3) is 5.91 Å². The number of amides is 1. The number of carbonyl (C=O) groups excluding carboxylic acids is 1. The highest BCUT2D eigenvalue weighted by Gasteiger charge is 2.18. The lowest BCUT2D eigenvalue weighted by Gasteiger charge is -2.17. The number of aromatic nitrogens is 2. The van der Waals surface area contributed by atoms with Crippen LogP contribution in [0.4, 0.5) is 0 Å². The molecule has 0 aromatic carbocycles. The Morgan fingerprint density at radius 2 is 2.06 bits per heavy atom. The number of aromatic amines is 1. The van der Waals surface area contributed by atoms with Gasteiger partial charge < -0.3 is 10.3 Å². The smallest absolute Gasteiger partial charge is 0.254 e. The molecular formula is C13H17N3O. The Balaban J connectivity index is 2.62. The maximum Gasteiger partial charge on any atom is 0.254 e. The molecule has 17 heavy (non-hydrogen) atoms. The van der Waals surface area contributed by atoms with Crippen molar-refractivity contribution in [2.75, 3.05) is 7.05 Å². The molecular weight excluding hydrogens is 214 g/mol. The number of fused-ring (bicyclic) bond motifs is 1. The van der Waals surface area contributed by atoms with Crippen molar-refractivity contribution >= 4 is 16.9 Å². The van der Waals surface area contributed by atoms with E-state index in [1.54, 1.807) is 13.2 Å². The van der Waals surface area contributed by atoms with Crippen LogP contribution in [0.5, 0.6) is 0 Å². The molecule has 2 aromatic heterocycles. The molecule has 0 aliphatic rings. The molecule has 0 spiro atoms. The van der Waals surface area contributed by atoms with E-state index in [9.17, 15) is 4.79 Å². The van der Waals surface area contributed by atoms with E-state index in [1.165, 1.54) is 0 Å². The van der Waals surface area contributed by atoms with E-state index in [-0.39, 0.29) is 11.3 Å². The van der Waals surface area contributed by atoms with Crippen LogP contribution in [-0.4, -0.2) is 22.9 Å². The Hall–Kier alpha value is -1.84. The minimum atomic E-state index is -0.116. The first-order chi connectivity index (χ1) is 7.93. The molecule has 2 aromatic rings. The summed E-state index contributed by atoms with van der Waals surface area (Å²) in [6.07, 6.45) is 1.70. The van der Waals surface area contributed by atoms with Crippen LogP contribution in [0, 0.1) is 0 Å². The Labute approximate surface area is 100 Å². The van der Waals surface area contributed by atoms with E-state index in [0.29, 0.717) is 5.56 Å². The molecule has 0 aliphatic carbocycles. The average molecular weight is 231 g/mol. The molecule has 90 valence electrons. The number of nitrogens with one attached hydrogen (secondary N) is 2. The van der Waals surface area contributed by atoms with Gasteiger partial charge in [-0.3, -0.25) is 4.79 Å².